The number of ether oxygens (including phenoxy) is 1. The smallest absolute Gasteiger partial charge is 0.156 e. The van der Waals surface area contributed by atoms with Crippen LogP contribution in [0.25, 0.3) is 0 Å². The van der Waals surface area contributed by atoms with Crippen LogP contribution in [0.15, 0.2) is 0 Å². The molecule has 0 saturated carbocycles. The molecule has 4 heteroatoms. The molecular formula is C5H11NO3. The average Bonchev–Trinajstić information content (AvgIpc) is 1.80. The van der Waals surface area contributed by atoms with E-state index in [-0.39, 0.29) is 12.6 Å². The lowest BCUT2D eigenvalue weighted by Crippen LogP contribution is -2.46. The number of rotatable bonds is 0. The quantitative estimate of drug-likeness (QED) is 0.372. The van der Waals surface area contributed by atoms with Crippen molar-refractivity contribution in [1.29, 1.82) is 0 Å². The fourth-order valence-electron chi connectivity index (χ4n) is 0.791. The molecular weight excluding hydrogens is 122 g/mol. The molecule has 0 aromatic heterocycles. The highest BCUT2D eigenvalue weighted by atomic mass is 16.6. The number of hydrogen-bond donors (Lipinski definition) is 3. The van der Waals surface area contributed by atoms with Gasteiger partial charge in [-0.3, -0.25) is 0 Å². The van der Waals surface area contributed by atoms with Crippen molar-refractivity contribution in [2.75, 3.05) is 6.61 Å². The maximum atomic E-state index is 8.93. The highest BCUT2D eigenvalue weighted by Crippen LogP contribution is 2.09. The van der Waals surface area contributed by atoms with Gasteiger partial charge in [0.15, 0.2) is 6.29 Å². The second-order valence-corrected chi connectivity index (χ2v) is 2.25. The first-order valence-electron chi connectivity index (χ1n) is 2.93. The molecule has 1 unspecified atom stereocenters. The Hall–Kier alpha value is -0.160. The molecule has 1 fully saturated rings. The van der Waals surface area contributed by atoms with Gasteiger partial charge in [0.2, 0.25) is 0 Å². The lowest BCUT2D eigenvalue weighted by molar-refractivity contribution is -0.162. The summed E-state index contributed by atoms with van der Waals surface area (Å²) in [5.74, 6) is 0. The van der Waals surface area contributed by atoms with Gasteiger partial charge < -0.3 is 20.7 Å². The van der Waals surface area contributed by atoms with Gasteiger partial charge in [0.1, 0.15) is 0 Å². The SMILES string of the molecule is N[C@H]1CC(O)OC[C@H]1O. The number of aliphatic hydroxyl groups excluding tert-OH is 2. The summed E-state index contributed by atoms with van der Waals surface area (Å²) in [6, 6.07) is -0.339. The number of nitrogens with two attached hydrogens (primary N) is 1. The van der Waals surface area contributed by atoms with E-state index >= 15 is 0 Å². The van der Waals surface area contributed by atoms with Crippen LogP contribution in [0.3, 0.4) is 0 Å². The second-order valence-electron chi connectivity index (χ2n) is 2.25. The fourth-order valence-corrected chi connectivity index (χ4v) is 0.791. The van der Waals surface area contributed by atoms with Crippen LogP contribution in [0.5, 0.6) is 0 Å². The summed E-state index contributed by atoms with van der Waals surface area (Å²) < 4.78 is 4.69. The maximum Gasteiger partial charge on any atom is 0.156 e. The Morgan fingerprint density at radius 3 is 2.56 bits per heavy atom. The van der Waals surface area contributed by atoms with E-state index in [1.165, 1.54) is 0 Å². The van der Waals surface area contributed by atoms with Crippen molar-refractivity contribution < 1.29 is 14.9 Å². The summed E-state index contributed by atoms with van der Waals surface area (Å²) in [5, 5.41) is 17.7. The highest BCUT2D eigenvalue weighted by molar-refractivity contribution is 4.76. The van der Waals surface area contributed by atoms with E-state index in [1.54, 1.807) is 0 Å². The van der Waals surface area contributed by atoms with Gasteiger partial charge in [-0.25, -0.2) is 0 Å². The standard InChI is InChI=1S/C5H11NO3/c6-3-1-5(8)9-2-4(3)7/h3-5,7-8H,1-2,6H2/t3-,4+,5?/m0/s1. The van der Waals surface area contributed by atoms with Gasteiger partial charge in [-0.15, -0.1) is 0 Å². The van der Waals surface area contributed by atoms with E-state index in [4.69, 9.17) is 15.9 Å². The van der Waals surface area contributed by atoms with Crippen molar-refractivity contribution >= 4 is 0 Å². The van der Waals surface area contributed by atoms with Crippen LogP contribution in [-0.2, 0) is 4.74 Å². The molecule has 54 valence electrons. The predicted octanol–water partition coefficient (Wildman–Crippen LogP) is -1.59. The first kappa shape index (κ1) is 6.95. The molecule has 0 amide bonds. The molecule has 1 rings (SSSR count). The van der Waals surface area contributed by atoms with E-state index in [0.717, 1.165) is 0 Å². The van der Waals surface area contributed by atoms with Crippen LogP contribution in [0, 0.1) is 0 Å². The minimum absolute atomic E-state index is 0.141. The third-order valence-corrected chi connectivity index (χ3v) is 1.43. The van der Waals surface area contributed by atoms with Crippen molar-refractivity contribution in [3.63, 3.8) is 0 Å². The molecule has 0 radical (unpaired) electrons. The van der Waals surface area contributed by atoms with Crippen molar-refractivity contribution in [3.8, 4) is 0 Å². The zero-order chi connectivity index (χ0) is 6.85. The minimum atomic E-state index is -0.789. The molecule has 9 heavy (non-hydrogen) atoms. The van der Waals surface area contributed by atoms with Crippen molar-refractivity contribution in [3.05, 3.63) is 0 Å². The van der Waals surface area contributed by atoms with E-state index in [9.17, 15) is 0 Å². The van der Waals surface area contributed by atoms with Crippen LogP contribution in [0.4, 0.5) is 0 Å². The topological polar surface area (TPSA) is 75.7 Å². The lowest BCUT2D eigenvalue weighted by Gasteiger charge is -2.27. The Labute approximate surface area is 53.2 Å². The number of aliphatic hydroxyl groups is 2. The van der Waals surface area contributed by atoms with Crippen molar-refractivity contribution in [2.24, 2.45) is 5.73 Å². The van der Waals surface area contributed by atoms with Gasteiger partial charge in [0.05, 0.1) is 12.7 Å². The van der Waals surface area contributed by atoms with Crippen LogP contribution < -0.4 is 5.73 Å². The molecule has 4 N–H and O–H groups in total. The van der Waals surface area contributed by atoms with Crippen LogP contribution >= 0.6 is 0 Å². The Balaban J connectivity index is 2.35. The van der Waals surface area contributed by atoms with Gasteiger partial charge in [-0.1, -0.05) is 0 Å². The molecule has 3 atom stereocenters. The lowest BCUT2D eigenvalue weighted by atomic mass is 10.1. The Morgan fingerprint density at radius 1 is 1.44 bits per heavy atom. The first-order valence-corrected chi connectivity index (χ1v) is 2.93. The molecule has 4 nitrogen and oxygen atoms in total. The van der Waals surface area contributed by atoms with Crippen LogP contribution in [-0.4, -0.2) is 35.3 Å². The zero-order valence-corrected chi connectivity index (χ0v) is 5.03. The van der Waals surface area contributed by atoms with Crippen molar-refractivity contribution in [1.82, 2.24) is 0 Å². The Bertz CT molecular complexity index is 98.2. The highest BCUT2D eigenvalue weighted by Gasteiger charge is 2.25. The fraction of sp³-hybridized carbons (Fsp3) is 1.00. The van der Waals surface area contributed by atoms with E-state index in [1.807, 2.05) is 0 Å². The predicted molar refractivity (Wildman–Crippen MR) is 30.6 cm³/mol. The summed E-state index contributed by atoms with van der Waals surface area (Å²) >= 11 is 0. The third-order valence-electron chi connectivity index (χ3n) is 1.43. The molecule has 0 aromatic carbocycles. The monoisotopic (exact) mass is 133 g/mol. The minimum Gasteiger partial charge on any atom is -0.389 e. The Kier molecular flexibility index (Phi) is 2.02. The summed E-state index contributed by atoms with van der Waals surface area (Å²) in [6.07, 6.45) is -1.09. The summed E-state index contributed by atoms with van der Waals surface area (Å²) in [4.78, 5) is 0. The van der Waals surface area contributed by atoms with Crippen LogP contribution in [0.1, 0.15) is 6.42 Å². The molecule has 1 saturated heterocycles. The summed E-state index contributed by atoms with van der Waals surface area (Å²) in [5.41, 5.74) is 5.38. The maximum absolute atomic E-state index is 8.93. The van der Waals surface area contributed by atoms with Crippen LogP contribution in [0.2, 0.25) is 0 Å². The zero-order valence-electron chi connectivity index (χ0n) is 5.03. The molecule has 1 heterocycles. The third kappa shape index (κ3) is 1.62. The first-order chi connectivity index (χ1) is 4.20. The molecule has 1 aliphatic rings. The van der Waals surface area contributed by atoms with Gasteiger partial charge in [-0.2, -0.15) is 0 Å². The summed E-state index contributed by atoms with van der Waals surface area (Å²) in [6.45, 7) is 0.141. The van der Waals surface area contributed by atoms with Gasteiger partial charge in [0.25, 0.3) is 0 Å². The summed E-state index contributed by atoms with van der Waals surface area (Å²) in [7, 11) is 0. The van der Waals surface area contributed by atoms with E-state index < -0.39 is 12.4 Å². The number of hydrogen-bond acceptors (Lipinski definition) is 4. The van der Waals surface area contributed by atoms with E-state index in [0.29, 0.717) is 6.42 Å². The molecule has 0 aromatic rings. The molecule has 0 bridgehead atoms. The molecule has 1 aliphatic heterocycles. The van der Waals surface area contributed by atoms with E-state index in [2.05, 4.69) is 4.74 Å². The largest absolute Gasteiger partial charge is 0.389 e. The molecule has 0 aliphatic carbocycles. The second kappa shape index (κ2) is 2.62. The van der Waals surface area contributed by atoms with Gasteiger partial charge in [-0.05, 0) is 0 Å². The van der Waals surface area contributed by atoms with Gasteiger partial charge in [0, 0.05) is 12.5 Å². The average molecular weight is 133 g/mol. The molecule has 0 spiro atoms. The normalized spacial score (nSPS) is 45.0. The van der Waals surface area contributed by atoms with Gasteiger partial charge >= 0.3 is 0 Å². The van der Waals surface area contributed by atoms with Crippen molar-refractivity contribution in [2.45, 2.75) is 24.9 Å². The Morgan fingerprint density at radius 2 is 2.11 bits per heavy atom.